The van der Waals surface area contributed by atoms with Crippen LogP contribution < -0.4 is 9.62 Å². The summed E-state index contributed by atoms with van der Waals surface area (Å²) in [5.41, 5.74) is 0.675. The summed E-state index contributed by atoms with van der Waals surface area (Å²) >= 11 is 7.05. The van der Waals surface area contributed by atoms with Gasteiger partial charge in [-0.25, -0.2) is 21.2 Å². The van der Waals surface area contributed by atoms with E-state index in [1.807, 2.05) is 0 Å². The van der Waals surface area contributed by atoms with Gasteiger partial charge in [-0.1, -0.05) is 35.9 Å². The Morgan fingerprint density at radius 2 is 1.86 bits per heavy atom. The van der Waals surface area contributed by atoms with Gasteiger partial charge in [-0.05, 0) is 48.4 Å². The highest BCUT2D eigenvalue weighted by atomic mass is 35.5. The molecule has 1 amide bonds. The quantitative estimate of drug-likeness (QED) is 0.469. The van der Waals surface area contributed by atoms with E-state index in [0.29, 0.717) is 20.3 Å². The molecular weight excluding hydrogens is 535 g/mol. The van der Waals surface area contributed by atoms with Crippen LogP contribution in [0.5, 0.6) is 0 Å². The van der Waals surface area contributed by atoms with Gasteiger partial charge in [0, 0.05) is 28.6 Å². The molecule has 2 aromatic carbocycles. The van der Waals surface area contributed by atoms with Crippen LogP contribution in [0, 0.1) is 5.82 Å². The molecule has 7 nitrogen and oxygen atoms in total. The number of hydrogen-bond acceptors (Lipinski definition) is 6. The summed E-state index contributed by atoms with van der Waals surface area (Å²) in [6.07, 6.45) is 2.61. The van der Waals surface area contributed by atoms with Crippen LogP contribution in [0.15, 0.2) is 64.9 Å². The third-order valence-electron chi connectivity index (χ3n) is 5.35. The summed E-state index contributed by atoms with van der Waals surface area (Å²) in [5.74, 6) is -1.30. The first-order chi connectivity index (χ1) is 16.4. The van der Waals surface area contributed by atoms with Crippen LogP contribution in [0.1, 0.15) is 11.3 Å². The molecule has 1 aromatic heterocycles. The minimum absolute atomic E-state index is 0.0129. The number of sulfone groups is 1. The van der Waals surface area contributed by atoms with E-state index >= 15 is 4.39 Å². The number of carbonyl (C=O) groups excluding carboxylic acids is 1. The van der Waals surface area contributed by atoms with Gasteiger partial charge >= 0.3 is 0 Å². The molecule has 1 aliphatic rings. The van der Waals surface area contributed by atoms with Crippen molar-refractivity contribution in [3.8, 4) is 11.1 Å². The monoisotopic (exact) mass is 554 g/mol. The number of amides is 1. The summed E-state index contributed by atoms with van der Waals surface area (Å²) in [6, 6.07) is 12.6. The lowest BCUT2D eigenvalue weighted by molar-refractivity contribution is -0.118. The normalized spacial score (nSPS) is 16.9. The van der Waals surface area contributed by atoms with Gasteiger partial charge in [0.1, 0.15) is 11.9 Å². The fraction of sp³-hybridized carbons (Fsp3) is 0.174. The summed E-state index contributed by atoms with van der Waals surface area (Å²) in [7, 11) is -7.47. The first kappa shape index (κ1) is 25.5. The number of carbonyl (C=O) groups is 1. The van der Waals surface area contributed by atoms with Crippen molar-refractivity contribution in [3.63, 3.8) is 0 Å². The molecule has 35 heavy (non-hydrogen) atoms. The molecule has 1 saturated heterocycles. The zero-order valence-electron chi connectivity index (χ0n) is 18.3. The molecule has 1 atom stereocenters. The molecule has 0 saturated carbocycles. The van der Waals surface area contributed by atoms with E-state index in [-0.39, 0.29) is 23.5 Å². The maximum Gasteiger partial charge on any atom is 0.245 e. The average Bonchev–Trinajstić information content (AvgIpc) is 3.37. The number of halogens is 2. The van der Waals surface area contributed by atoms with Gasteiger partial charge in [0.15, 0.2) is 9.84 Å². The minimum atomic E-state index is -3.93. The van der Waals surface area contributed by atoms with Crippen molar-refractivity contribution in [3.05, 3.63) is 75.0 Å². The number of hydrogen-bond donors (Lipinski definition) is 1. The molecule has 1 aliphatic heterocycles. The standard InChI is InChI=1S/C23H20ClFN2O5S3/c1-34(29,30)21-5-3-2-4-17(21)15-6-8-20(18(25)14-15)27-12-10-19(23(27)28)26-35(31,32)13-11-16-7-9-22(24)33-16/h2-9,11,13-14,19,26H,10,12H2,1H3/t19-/m0/s1. The summed E-state index contributed by atoms with van der Waals surface area (Å²) in [4.78, 5) is 14.8. The number of rotatable bonds is 7. The zero-order valence-corrected chi connectivity index (χ0v) is 21.5. The van der Waals surface area contributed by atoms with Gasteiger partial charge in [0.25, 0.3) is 0 Å². The molecule has 0 bridgehead atoms. The molecule has 0 radical (unpaired) electrons. The van der Waals surface area contributed by atoms with Gasteiger partial charge in [-0.3, -0.25) is 4.79 Å². The first-order valence-electron chi connectivity index (χ1n) is 10.3. The van der Waals surface area contributed by atoms with E-state index in [0.717, 1.165) is 11.7 Å². The number of sulfonamides is 1. The van der Waals surface area contributed by atoms with Crippen LogP contribution in [0.4, 0.5) is 10.1 Å². The summed E-state index contributed by atoms with van der Waals surface area (Å²) < 4.78 is 66.9. The molecule has 0 spiro atoms. The van der Waals surface area contributed by atoms with Gasteiger partial charge in [0.05, 0.1) is 14.9 Å². The molecule has 1 N–H and O–H groups in total. The lowest BCUT2D eigenvalue weighted by atomic mass is 10.0. The summed E-state index contributed by atoms with van der Waals surface area (Å²) in [5, 5.41) is 0.958. The molecule has 0 aliphatic carbocycles. The van der Waals surface area contributed by atoms with Crippen molar-refractivity contribution in [2.24, 2.45) is 0 Å². The van der Waals surface area contributed by atoms with Crippen LogP contribution >= 0.6 is 22.9 Å². The molecular formula is C23H20ClFN2O5S3. The fourth-order valence-corrected chi connectivity index (χ4v) is 6.74. The van der Waals surface area contributed by atoms with Crippen molar-refractivity contribution < 1.29 is 26.0 Å². The van der Waals surface area contributed by atoms with E-state index in [2.05, 4.69) is 4.72 Å². The van der Waals surface area contributed by atoms with E-state index < -0.39 is 37.6 Å². The molecule has 3 aromatic rings. The Bertz CT molecular complexity index is 1530. The largest absolute Gasteiger partial charge is 0.308 e. The van der Waals surface area contributed by atoms with Crippen molar-refractivity contribution in [2.45, 2.75) is 17.4 Å². The Hall–Kier alpha value is -2.57. The highest BCUT2D eigenvalue weighted by Gasteiger charge is 2.36. The molecule has 1 fully saturated rings. The first-order valence-corrected chi connectivity index (χ1v) is 14.9. The van der Waals surface area contributed by atoms with Crippen LogP contribution in [-0.4, -0.2) is 41.6 Å². The SMILES string of the molecule is CS(=O)(=O)c1ccccc1-c1ccc(N2CC[C@H](NS(=O)(=O)C=Cc3ccc(Cl)s3)C2=O)c(F)c1. The van der Waals surface area contributed by atoms with E-state index in [4.69, 9.17) is 11.6 Å². The van der Waals surface area contributed by atoms with Crippen LogP contribution in [0.3, 0.4) is 0 Å². The minimum Gasteiger partial charge on any atom is -0.308 e. The highest BCUT2D eigenvalue weighted by Crippen LogP contribution is 2.32. The molecule has 2 heterocycles. The Labute approximate surface area is 211 Å². The number of nitrogens with one attached hydrogen (secondary N) is 1. The van der Waals surface area contributed by atoms with Gasteiger partial charge in [-0.15, -0.1) is 11.3 Å². The Balaban J connectivity index is 1.52. The van der Waals surface area contributed by atoms with Crippen LogP contribution in [-0.2, 0) is 24.7 Å². The smallest absolute Gasteiger partial charge is 0.245 e. The van der Waals surface area contributed by atoms with Crippen LogP contribution in [0.25, 0.3) is 17.2 Å². The predicted molar refractivity (Wildman–Crippen MR) is 136 cm³/mol. The third kappa shape index (κ3) is 5.81. The second-order valence-electron chi connectivity index (χ2n) is 7.87. The van der Waals surface area contributed by atoms with Crippen molar-refractivity contribution >= 4 is 60.5 Å². The number of anilines is 1. The average molecular weight is 555 g/mol. The lowest BCUT2D eigenvalue weighted by Gasteiger charge is -2.19. The Morgan fingerprint density at radius 3 is 2.51 bits per heavy atom. The Kier molecular flexibility index (Phi) is 7.16. The second-order valence-corrected chi connectivity index (χ2v) is 13.2. The summed E-state index contributed by atoms with van der Waals surface area (Å²) in [6.45, 7) is 0.118. The molecule has 4 rings (SSSR count). The molecule has 12 heteroatoms. The zero-order chi connectivity index (χ0) is 25.4. The van der Waals surface area contributed by atoms with Crippen molar-refractivity contribution in [1.82, 2.24) is 4.72 Å². The van der Waals surface area contributed by atoms with E-state index in [1.165, 1.54) is 46.6 Å². The number of benzene rings is 2. The van der Waals surface area contributed by atoms with E-state index in [1.54, 1.807) is 30.3 Å². The second kappa shape index (κ2) is 9.82. The van der Waals surface area contributed by atoms with E-state index in [9.17, 15) is 21.6 Å². The van der Waals surface area contributed by atoms with Crippen molar-refractivity contribution in [2.75, 3.05) is 17.7 Å². The predicted octanol–water partition coefficient (Wildman–Crippen LogP) is 4.31. The highest BCUT2D eigenvalue weighted by molar-refractivity contribution is 7.92. The fourth-order valence-electron chi connectivity index (χ4n) is 3.76. The Morgan fingerprint density at radius 1 is 1.11 bits per heavy atom. The van der Waals surface area contributed by atoms with Crippen LogP contribution in [0.2, 0.25) is 4.34 Å². The topological polar surface area (TPSA) is 101 Å². The maximum atomic E-state index is 15.1. The van der Waals surface area contributed by atoms with Gasteiger partial charge in [-0.2, -0.15) is 4.72 Å². The lowest BCUT2D eigenvalue weighted by Crippen LogP contribution is -2.40. The van der Waals surface area contributed by atoms with Gasteiger partial charge in [0.2, 0.25) is 15.9 Å². The number of thiophene rings is 1. The van der Waals surface area contributed by atoms with Gasteiger partial charge < -0.3 is 4.90 Å². The third-order valence-corrected chi connectivity index (χ3v) is 8.81. The molecule has 184 valence electrons. The molecule has 0 unspecified atom stereocenters. The van der Waals surface area contributed by atoms with Crippen molar-refractivity contribution in [1.29, 1.82) is 0 Å². The number of nitrogens with zero attached hydrogens (tertiary/aromatic N) is 1. The maximum absolute atomic E-state index is 15.1.